The van der Waals surface area contributed by atoms with E-state index >= 15 is 0 Å². The molecule has 2 rings (SSSR count). The normalized spacial score (nSPS) is 11.9. The Bertz CT molecular complexity index is 766. The number of aliphatic imine (C=N–C) groups is 1. The first-order valence-electron chi connectivity index (χ1n) is 8.89. The van der Waals surface area contributed by atoms with Crippen LogP contribution in [0.4, 0.5) is 0 Å². The van der Waals surface area contributed by atoms with Gasteiger partial charge in [0.05, 0.1) is 20.8 Å². The summed E-state index contributed by atoms with van der Waals surface area (Å²) in [5.41, 5.74) is 1.30. The first kappa shape index (κ1) is 24.2. The molecule has 6 nitrogen and oxygen atoms in total. The molecule has 154 valence electrons. The van der Waals surface area contributed by atoms with Gasteiger partial charge in [0.15, 0.2) is 5.96 Å². The molecule has 28 heavy (non-hydrogen) atoms. The molecule has 0 bridgehead atoms. The molecule has 0 aliphatic rings. The van der Waals surface area contributed by atoms with Crippen LogP contribution in [0.1, 0.15) is 40.6 Å². The van der Waals surface area contributed by atoms with Crippen LogP contribution in [0, 0.1) is 0 Å². The molecular formula is C20H28IN3O3S. The summed E-state index contributed by atoms with van der Waals surface area (Å²) in [4.78, 5) is 17.9. The average molecular weight is 517 g/mol. The molecule has 0 saturated carbocycles. The first-order valence-corrected chi connectivity index (χ1v) is 9.77. The zero-order valence-electron chi connectivity index (χ0n) is 16.7. The number of carbonyl (C=O) groups is 1. The second-order valence-corrected chi connectivity index (χ2v) is 7.00. The predicted octanol–water partition coefficient (Wildman–Crippen LogP) is 4.02. The summed E-state index contributed by atoms with van der Waals surface area (Å²) >= 11 is 1.76. The predicted molar refractivity (Wildman–Crippen MR) is 125 cm³/mol. The fourth-order valence-electron chi connectivity index (χ4n) is 2.56. The Morgan fingerprint density at radius 1 is 1.25 bits per heavy atom. The summed E-state index contributed by atoms with van der Waals surface area (Å²) < 4.78 is 10.0. The molecule has 0 amide bonds. The van der Waals surface area contributed by atoms with Crippen LogP contribution in [0.3, 0.4) is 0 Å². The van der Waals surface area contributed by atoms with Crippen LogP contribution in [0.15, 0.2) is 40.7 Å². The monoisotopic (exact) mass is 517 g/mol. The highest BCUT2D eigenvalue weighted by Gasteiger charge is 2.13. The highest BCUT2D eigenvalue weighted by atomic mass is 127. The number of nitrogens with zero attached hydrogens (tertiary/aromatic N) is 1. The van der Waals surface area contributed by atoms with E-state index in [1.54, 1.807) is 23.5 Å². The van der Waals surface area contributed by atoms with Crippen molar-refractivity contribution >= 4 is 47.2 Å². The van der Waals surface area contributed by atoms with Crippen molar-refractivity contribution in [2.45, 2.75) is 26.3 Å². The maximum absolute atomic E-state index is 11.9. The van der Waals surface area contributed by atoms with Crippen LogP contribution in [-0.4, -0.2) is 39.2 Å². The van der Waals surface area contributed by atoms with Crippen molar-refractivity contribution in [1.82, 2.24) is 10.6 Å². The first-order chi connectivity index (χ1) is 13.1. The number of ether oxygens (including phenoxy) is 2. The molecule has 2 aromatic rings. The number of hydrogen-bond acceptors (Lipinski definition) is 5. The quantitative estimate of drug-likeness (QED) is 0.240. The van der Waals surface area contributed by atoms with Gasteiger partial charge in [0.2, 0.25) is 0 Å². The third-order valence-corrected chi connectivity index (χ3v) is 5.14. The standard InChI is InChI=1S/C20H27N3O3S.HI/c1-5-21-20(22-12-14(2)18-7-6-10-27-18)23-13-15-8-9-17(25-3)16(11-15)19(24)26-4;/h6-11,14H,5,12-13H2,1-4H3,(H2,21,22,23);1H. The molecule has 1 aromatic carbocycles. The molecule has 0 saturated heterocycles. The van der Waals surface area contributed by atoms with Crippen molar-refractivity contribution in [3.8, 4) is 5.75 Å². The van der Waals surface area contributed by atoms with Crippen LogP contribution in [0.2, 0.25) is 0 Å². The lowest BCUT2D eigenvalue weighted by molar-refractivity contribution is 0.0597. The Kier molecular flexibility index (Phi) is 10.9. The molecule has 0 spiro atoms. The van der Waals surface area contributed by atoms with Crippen molar-refractivity contribution in [2.75, 3.05) is 27.3 Å². The summed E-state index contributed by atoms with van der Waals surface area (Å²) in [7, 11) is 2.89. The number of esters is 1. The molecule has 0 radical (unpaired) electrons. The van der Waals surface area contributed by atoms with E-state index in [0.717, 1.165) is 24.6 Å². The summed E-state index contributed by atoms with van der Waals surface area (Å²) in [6.45, 7) is 6.23. The van der Waals surface area contributed by atoms with Gasteiger partial charge in [0.25, 0.3) is 0 Å². The number of hydrogen-bond donors (Lipinski definition) is 2. The van der Waals surface area contributed by atoms with Gasteiger partial charge in [-0.25, -0.2) is 9.79 Å². The Hall–Kier alpha value is -1.81. The molecule has 2 N–H and O–H groups in total. The van der Waals surface area contributed by atoms with Gasteiger partial charge in [-0.1, -0.05) is 19.1 Å². The van der Waals surface area contributed by atoms with Gasteiger partial charge >= 0.3 is 5.97 Å². The molecule has 0 aliphatic heterocycles. The lowest BCUT2D eigenvalue weighted by Crippen LogP contribution is -2.39. The van der Waals surface area contributed by atoms with Crippen LogP contribution in [0.5, 0.6) is 5.75 Å². The van der Waals surface area contributed by atoms with Crippen LogP contribution < -0.4 is 15.4 Å². The topological polar surface area (TPSA) is 72.0 Å². The Balaban J connectivity index is 0.00000392. The number of halogens is 1. The van der Waals surface area contributed by atoms with Gasteiger partial charge in [0, 0.05) is 23.9 Å². The van der Waals surface area contributed by atoms with E-state index in [0.29, 0.717) is 23.8 Å². The van der Waals surface area contributed by atoms with Crippen molar-refractivity contribution < 1.29 is 14.3 Å². The maximum Gasteiger partial charge on any atom is 0.341 e. The molecule has 1 atom stereocenters. The van der Waals surface area contributed by atoms with Crippen molar-refractivity contribution in [3.05, 3.63) is 51.7 Å². The van der Waals surface area contributed by atoms with Gasteiger partial charge in [-0.05, 0) is 36.1 Å². The molecule has 1 aromatic heterocycles. The molecular weight excluding hydrogens is 489 g/mol. The molecule has 0 aliphatic carbocycles. The van der Waals surface area contributed by atoms with E-state index in [1.165, 1.54) is 19.1 Å². The lowest BCUT2D eigenvalue weighted by atomic mass is 10.1. The summed E-state index contributed by atoms with van der Waals surface area (Å²) in [6, 6.07) is 9.63. The number of guanidine groups is 1. The van der Waals surface area contributed by atoms with Crippen LogP contribution >= 0.6 is 35.3 Å². The second kappa shape index (κ2) is 12.6. The zero-order chi connectivity index (χ0) is 19.6. The van der Waals surface area contributed by atoms with Crippen LogP contribution in [0.25, 0.3) is 0 Å². The van der Waals surface area contributed by atoms with Gasteiger partial charge in [-0.3, -0.25) is 0 Å². The Labute approximate surface area is 187 Å². The molecule has 1 unspecified atom stereocenters. The minimum Gasteiger partial charge on any atom is -0.496 e. The third kappa shape index (κ3) is 6.97. The van der Waals surface area contributed by atoms with E-state index in [-0.39, 0.29) is 24.0 Å². The fourth-order valence-corrected chi connectivity index (χ4v) is 3.34. The number of carbonyl (C=O) groups excluding carboxylic acids is 1. The average Bonchev–Trinajstić information content (AvgIpc) is 3.24. The smallest absolute Gasteiger partial charge is 0.341 e. The minimum absolute atomic E-state index is 0. The fraction of sp³-hybridized carbons (Fsp3) is 0.400. The Morgan fingerprint density at radius 2 is 2.04 bits per heavy atom. The summed E-state index contributed by atoms with van der Waals surface area (Å²) in [5.74, 6) is 1.22. The van der Waals surface area contributed by atoms with E-state index < -0.39 is 5.97 Å². The number of thiophene rings is 1. The van der Waals surface area contributed by atoms with Crippen molar-refractivity contribution in [2.24, 2.45) is 4.99 Å². The van der Waals surface area contributed by atoms with E-state index in [4.69, 9.17) is 9.47 Å². The zero-order valence-corrected chi connectivity index (χ0v) is 19.8. The minimum atomic E-state index is -0.424. The van der Waals surface area contributed by atoms with Gasteiger partial charge < -0.3 is 20.1 Å². The van der Waals surface area contributed by atoms with E-state index in [9.17, 15) is 4.79 Å². The molecule has 8 heteroatoms. The SMILES string of the molecule is CCNC(=NCc1ccc(OC)c(C(=O)OC)c1)NCC(C)c1cccs1.I. The lowest BCUT2D eigenvalue weighted by Gasteiger charge is -2.15. The van der Waals surface area contributed by atoms with Gasteiger partial charge in [0.1, 0.15) is 11.3 Å². The summed E-state index contributed by atoms with van der Waals surface area (Å²) in [6.07, 6.45) is 0. The van der Waals surface area contributed by atoms with E-state index in [1.807, 2.05) is 13.0 Å². The number of nitrogens with one attached hydrogen (secondary N) is 2. The number of benzene rings is 1. The largest absolute Gasteiger partial charge is 0.496 e. The van der Waals surface area contributed by atoms with Crippen LogP contribution in [-0.2, 0) is 11.3 Å². The number of methoxy groups -OCH3 is 2. The van der Waals surface area contributed by atoms with E-state index in [2.05, 4.69) is 40.1 Å². The third-order valence-electron chi connectivity index (χ3n) is 4.04. The highest BCUT2D eigenvalue weighted by Crippen LogP contribution is 2.21. The molecule has 0 fully saturated rings. The second-order valence-electron chi connectivity index (χ2n) is 6.02. The Morgan fingerprint density at radius 3 is 2.64 bits per heavy atom. The summed E-state index contributed by atoms with van der Waals surface area (Å²) in [5, 5.41) is 8.72. The van der Waals surface area contributed by atoms with Gasteiger partial charge in [-0.15, -0.1) is 35.3 Å². The maximum atomic E-state index is 11.9. The highest BCUT2D eigenvalue weighted by molar-refractivity contribution is 14.0. The molecule has 1 heterocycles. The van der Waals surface area contributed by atoms with Crippen molar-refractivity contribution in [1.29, 1.82) is 0 Å². The number of rotatable bonds is 8. The van der Waals surface area contributed by atoms with Crippen molar-refractivity contribution in [3.63, 3.8) is 0 Å². The van der Waals surface area contributed by atoms with Gasteiger partial charge in [-0.2, -0.15) is 0 Å².